The zero-order valence-corrected chi connectivity index (χ0v) is 14.8. The summed E-state index contributed by atoms with van der Waals surface area (Å²) in [6.45, 7) is 0.614. The molecule has 0 unspecified atom stereocenters. The van der Waals surface area contributed by atoms with Crippen molar-refractivity contribution in [1.82, 2.24) is 16.2 Å². The quantitative estimate of drug-likeness (QED) is 0.425. The summed E-state index contributed by atoms with van der Waals surface area (Å²) >= 11 is 10.9. The lowest BCUT2D eigenvalue weighted by Crippen LogP contribution is -2.46. The van der Waals surface area contributed by atoms with Gasteiger partial charge in [-0.25, -0.2) is 4.39 Å². The molecule has 25 heavy (non-hydrogen) atoms. The highest BCUT2D eigenvalue weighted by molar-refractivity contribution is 7.80. The fraction of sp³-hybridized carbons (Fsp3) is 0.111. The van der Waals surface area contributed by atoms with Crippen LogP contribution in [0, 0.1) is 5.82 Å². The molecule has 1 amide bonds. The zero-order valence-electron chi connectivity index (χ0n) is 13.3. The topological polar surface area (TPSA) is 53.2 Å². The van der Waals surface area contributed by atoms with Crippen molar-refractivity contribution in [3.05, 3.63) is 76.6 Å². The van der Waals surface area contributed by atoms with Gasteiger partial charge in [-0.3, -0.25) is 15.6 Å². The van der Waals surface area contributed by atoms with Crippen LogP contribution < -0.4 is 16.2 Å². The summed E-state index contributed by atoms with van der Waals surface area (Å²) in [6.07, 6.45) is 3.57. The average molecular weight is 378 g/mol. The number of nitrogens with one attached hydrogen (secondary N) is 3. The maximum atomic E-state index is 13.0. The van der Waals surface area contributed by atoms with Crippen LogP contribution in [-0.2, 0) is 11.2 Å². The number of hydrogen-bond acceptors (Lipinski definition) is 2. The largest absolute Gasteiger partial charge is 0.361 e. The van der Waals surface area contributed by atoms with Crippen molar-refractivity contribution in [2.75, 3.05) is 6.54 Å². The molecule has 4 nitrogen and oxygen atoms in total. The van der Waals surface area contributed by atoms with E-state index >= 15 is 0 Å². The highest BCUT2D eigenvalue weighted by Crippen LogP contribution is 2.09. The summed E-state index contributed by atoms with van der Waals surface area (Å²) in [7, 11) is 0. The van der Waals surface area contributed by atoms with Gasteiger partial charge in [-0.2, -0.15) is 0 Å². The van der Waals surface area contributed by atoms with Crippen molar-refractivity contribution < 1.29 is 9.18 Å². The molecule has 130 valence electrons. The first kappa shape index (κ1) is 18.9. The number of carbonyl (C=O) groups is 1. The maximum absolute atomic E-state index is 13.0. The van der Waals surface area contributed by atoms with Crippen molar-refractivity contribution >= 4 is 40.9 Å². The standard InChI is InChI=1S/C18H17ClFN3OS/c19-15-7-4-13(5-8-15)10-11-21-18(25)23-22-17(24)9-6-14-2-1-3-16(20)12-14/h1-9,12H,10-11H2,(H,22,24)(H2,21,23,25)/b9-6+. The van der Waals surface area contributed by atoms with Gasteiger partial charge in [0.25, 0.3) is 5.91 Å². The molecule has 0 heterocycles. The number of thiocarbonyl (C=S) groups is 1. The molecule has 0 spiro atoms. The Kier molecular flexibility index (Phi) is 7.37. The molecule has 0 fully saturated rings. The van der Waals surface area contributed by atoms with E-state index in [0.717, 1.165) is 12.0 Å². The van der Waals surface area contributed by atoms with Crippen LogP contribution in [0.1, 0.15) is 11.1 Å². The minimum atomic E-state index is -0.397. The summed E-state index contributed by atoms with van der Waals surface area (Å²) in [4.78, 5) is 11.7. The molecule has 0 aliphatic carbocycles. The third kappa shape index (κ3) is 7.32. The molecule has 2 aromatic carbocycles. The molecule has 0 saturated heterocycles. The van der Waals surface area contributed by atoms with Crippen molar-refractivity contribution in [2.24, 2.45) is 0 Å². The Bertz CT molecular complexity index is 765. The Morgan fingerprint density at radius 3 is 2.64 bits per heavy atom. The van der Waals surface area contributed by atoms with Crippen molar-refractivity contribution in [3.8, 4) is 0 Å². The number of rotatable bonds is 5. The van der Waals surface area contributed by atoms with Gasteiger partial charge in [0, 0.05) is 17.6 Å². The molecule has 0 radical (unpaired) electrons. The minimum Gasteiger partial charge on any atom is -0.361 e. The maximum Gasteiger partial charge on any atom is 0.262 e. The summed E-state index contributed by atoms with van der Waals surface area (Å²) in [5.74, 6) is -0.752. The van der Waals surface area contributed by atoms with Crippen LogP contribution in [0.5, 0.6) is 0 Å². The Hall–Kier alpha value is -2.44. The van der Waals surface area contributed by atoms with Gasteiger partial charge in [-0.15, -0.1) is 0 Å². The van der Waals surface area contributed by atoms with Gasteiger partial charge in [-0.1, -0.05) is 35.9 Å². The molecule has 0 saturated carbocycles. The van der Waals surface area contributed by atoms with Crippen LogP contribution in [0.25, 0.3) is 6.08 Å². The lowest BCUT2D eigenvalue weighted by Gasteiger charge is -2.10. The van der Waals surface area contributed by atoms with E-state index in [9.17, 15) is 9.18 Å². The first-order chi connectivity index (χ1) is 12.0. The minimum absolute atomic E-state index is 0.307. The Labute approximate surface area is 156 Å². The molecule has 7 heteroatoms. The molecule has 0 bridgehead atoms. The fourth-order valence-corrected chi connectivity index (χ4v) is 2.24. The van der Waals surface area contributed by atoms with E-state index in [1.54, 1.807) is 12.1 Å². The number of amides is 1. The van der Waals surface area contributed by atoms with Gasteiger partial charge in [0.1, 0.15) is 5.82 Å². The van der Waals surface area contributed by atoms with E-state index in [0.29, 0.717) is 22.2 Å². The fourth-order valence-electron chi connectivity index (χ4n) is 1.96. The summed E-state index contributed by atoms with van der Waals surface area (Å²) in [5, 5.41) is 3.99. The average Bonchev–Trinajstić information content (AvgIpc) is 2.60. The Morgan fingerprint density at radius 2 is 1.92 bits per heavy atom. The molecule has 0 aliphatic heterocycles. The first-order valence-electron chi connectivity index (χ1n) is 7.55. The second-order valence-corrected chi connectivity index (χ2v) is 5.98. The third-order valence-corrected chi connectivity index (χ3v) is 3.69. The smallest absolute Gasteiger partial charge is 0.262 e. The van der Waals surface area contributed by atoms with E-state index in [2.05, 4.69) is 16.2 Å². The van der Waals surface area contributed by atoms with Crippen LogP contribution >= 0.6 is 23.8 Å². The second kappa shape index (κ2) is 9.76. The predicted molar refractivity (Wildman–Crippen MR) is 102 cm³/mol. The number of hydrogen-bond donors (Lipinski definition) is 3. The normalized spacial score (nSPS) is 10.5. The van der Waals surface area contributed by atoms with Gasteiger partial charge in [-0.05, 0) is 60.1 Å². The van der Waals surface area contributed by atoms with E-state index < -0.39 is 5.91 Å². The van der Waals surface area contributed by atoms with Gasteiger partial charge >= 0.3 is 0 Å². The van der Waals surface area contributed by atoms with Crippen LogP contribution in [0.2, 0.25) is 5.02 Å². The predicted octanol–water partition coefficient (Wildman–Crippen LogP) is 3.23. The molecule has 0 aromatic heterocycles. The van der Waals surface area contributed by atoms with Gasteiger partial charge in [0.2, 0.25) is 0 Å². The monoisotopic (exact) mass is 377 g/mol. The molecule has 2 rings (SSSR count). The second-order valence-electron chi connectivity index (χ2n) is 5.13. The first-order valence-corrected chi connectivity index (χ1v) is 8.33. The van der Waals surface area contributed by atoms with E-state index in [4.69, 9.17) is 23.8 Å². The molecule has 2 aromatic rings. The Morgan fingerprint density at radius 1 is 1.16 bits per heavy atom. The molecular weight excluding hydrogens is 361 g/mol. The molecule has 0 atom stereocenters. The summed E-state index contributed by atoms with van der Waals surface area (Å²) in [6, 6.07) is 13.5. The van der Waals surface area contributed by atoms with Crippen molar-refractivity contribution in [1.29, 1.82) is 0 Å². The van der Waals surface area contributed by atoms with Gasteiger partial charge in [0.05, 0.1) is 0 Å². The number of carbonyl (C=O) groups excluding carboxylic acids is 1. The van der Waals surface area contributed by atoms with Gasteiger partial charge < -0.3 is 5.32 Å². The number of hydrazine groups is 1. The molecule has 0 aliphatic rings. The van der Waals surface area contributed by atoms with E-state index in [1.807, 2.05) is 24.3 Å². The van der Waals surface area contributed by atoms with Crippen molar-refractivity contribution in [3.63, 3.8) is 0 Å². The molecule has 3 N–H and O–H groups in total. The van der Waals surface area contributed by atoms with Crippen LogP contribution in [0.4, 0.5) is 4.39 Å². The number of benzene rings is 2. The van der Waals surface area contributed by atoms with Gasteiger partial charge in [0.15, 0.2) is 5.11 Å². The highest BCUT2D eigenvalue weighted by atomic mass is 35.5. The highest BCUT2D eigenvalue weighted by Gasteiger charge is 1.99. The summed E-state index contributed by atoms with van der Waals surface area (Å²) in [5.41, 5.74) is 6.76. The van der Waals surface area contributed by atoms with Crippen molar-refractivity contribution in [2.45, 2.75) is 6.42 Å². The van der Waals surface area contributed by atoms with E-state index in [-0.39, 0.29) is 5.82 Å². The number of halogens is 2. The lowest BCUT2D eigenvalue weighted by atomic mass is 10.1. The molecular formula is C18H17ClFN3OS. The van der Waals surface area contributed by atoms with Crippen LogP contribution in [-0.4, -0.2) is 17.6 Å². The van der Waals surface area contributed by atoms with Crippen LogP contribution in [0.3, 0.4) is 0 Å². The zero-order chi connectivity index (χ0) is 18.1. The van der Waals surface area contributed by atoms with E-state index in [1.165, 1.54) is 24.3 Å². The third-order valence-electron chi connectivity index (χ3n) is 3.19. The SMILES string of the molecule is O=C(/C=C/c1cccc(F)c1)NNC(=S)NCCc1ccc(Cl)cc1. The van der Waals surface area contributed by atoms with Crippen LogP contribution in [0.15, 0.2) is 54.6 Å². The Balaban J connectivity index is 1.67. The lowest BCUT2D eigenvalue weighted by molar-refractivity contribution is -0.116. The summed E-state index contributed by atoms with van der Waals surface area (Å²) < 4.78 is 13.0.